The normalized spacial score (nSPS) is 33.4. The predicted molar refractivity (Wildman–Crippen MR) is 72.5 cm³/mol. The monoisotopic (exact) mass is 301 g/mol. The number of hydrogen-bond acceptors (Lipinski definition) is 6. The van der Waals surface area contributed by atoms with Gasteiger partial charge in [-0.15, -0.1) is 0 Å². The highest BCUT2D eigenvalue weighted by atomic mass is 16.9. The number of ketones is 1. The summed E-state index contributed by atoms with van der Waals surface area (Å²) in [6.45, 7) is 9.76. The third-order valence-electron chi connectivity index (χ3n) is 3.29. The lowest BCUT2D eigenvalue weighted by Crippen LogP contribution is -2.69. The lowest BCUT2D eigenvalue weighted by Gasteiger charge is -2.52. The van der Waals surface area contributed by atoms with Crippen LogP contribution in [0.15, 0.2) is 0 Å². The van der Waals surface area contributed by atoms with Crippen LogP contribution in [-0.2, 0) is 23.7 Å². The van der Waals surface area contributed by atoms with Crippen molar-refractivity contribution in [2.75, 3.05) is 19.8 Å². The minimum absolute atomic E-state index is 0.213. The second-order valence-corrected chi connectivity index (χ2v) is 6.97. The molecule has 1 N–H and O–H groups in total. The Labute approximate surface area is 124 Å². The summed E-state index contributed by atoms with van der Waals surface area (Å²) in [6.07, 6.45) is -0.716. The van der Waals surface area contributed by atoms with E-state index < -0.39 is 23.7 Å². The molecule has 1 atom stereocenters. The summed E-state index contributed by atoms with van der Waals surface area (Å²) in [5, 5.41) is 2.49. The zero-order chi connectivity index (χ0) is 15.9. The third kappa shape index (κ3) is 3.53. The van der Waals surface area contributed by atoms with Gasteiger partial charge in [-0.2, -0.15) is 0 Å². The van der Waals surface area contributed by atoms with Gasteiger partial charge in [0.15, 0.2) is 11.8 Å². The summed E-state index contributed by atoms with van der Waals surface area (Å²) in [5.41, 5.74) is -0.877. The number of fused-ring (bicyclic) bond motifs is 3. The number of rotatable bonds is 3. The Bertz CT molecular complexity index is 417. The molecule has 7 nitrogen and oxygen atoms in total. The van der Waals surface area contributed by atoms with E-state index in [2.05, 4.69) is 5.32 Å². The van der Waals surface area contributed by atoms with E-state index in [0.717, 1.165) is 0 Å². The van der Waals surface area contributed by atoms with Crippen molar-refractivity contribution in [1.29, 1.82) is 0 Å². The molecular formula is C14H23NO6. The van der Waals surface area contributed by atoms with Crippen LogP contribution in [0.2, 0.25) is 0 Å². The zero-order valence-electron chi connectivity index (χ0n) is 13.1. The van der Waals surface area contributed by atoms with E-state index in [-0.39, 0.29) is 11.2 Å². The first-order valence-corrected chi connectivity index (χ1v) is 6.97. The van der Waals surface area contributed by atoms with Crippen molar-refractivity contribution in [2.24, 2.45) is 5.41 Å². The Hall–Kier alpha value is -1.18. The molecule has 0 aromatic carbocycles. The second kappa shape index (κ2) is 5.23. The van der Waals surface area contributed by atoms with Gasteiger partial charge >= 0.3 is 12.1 Å². The summed E-state index contributed by atoms with van der Waals surface area (Å²) in [7, 11) is 0. The van der Waals surface area contributed by atoms with Crippen LogP contribution in [0.4, 0.5) is 4.79 Å². The second-order valence-electron chi connectivity index (χ2n) is 6.97. The van der Waals surface area contributed by atoms with Crippen molar-refractivity contribution in [3.63, 3.8) is 0 Å². The van der Waals surface area contributed by atoms with Crippen LogP contribution in [0.1, 0.15) is 34.6 Å². The summed E-state index contributed by atoms with van der Waals surface area (Å²) >= 11 is 0. The molecule has 0 aliphatic carbocycles. The maximum absolute atomic E-state index is 11.9. The molecule has 3 aliphatic heterocycles. The highest BCUT2D eigenvalue weighted by molar-refractivity contribution is 5.86. The van der Waals surface area contributed by atoms with Crippen LogP contribution < -0.4 is 5.32 Å². The van der Waals surface area contributed by atoms with Gasteiger partial charge in [-0.1, -0.05) is 6.92 Å². The maximum atomic E-state index is 11.9. The highest BCUT2D eigenvalue weighted by Gasteiger charge is 2.57. The van der Waals surface area contributed by atoms with Crippen LogP contribution in [0.3, 0.4) is 0 Å². The van der Waals surface area contributed by atoms with Gasteiger partial charge in [0.2, 0.25) is 0 Å². The van der Waals surface area contributed by atoms with E-state index in [4.69, 9.17) is 18.9 Å². The molecule has 0 radical (unpaired) electrons. The fourth-order valence-corrected chi connectivity index (χ4v) is 2.19. The average Bonchev–Trinajstić information content (AvgIpc) is 2.35. The molecule has 7 heteroatoms. The molecule has 3 aliphatic rings. The largest absolute Gasteiger partial charge is 0.444 e. The number of nitrogens with one attached hydrogen (secondary N) is 1. The molecule has 3 heterocycles. The minimum Gasteiger partial charge on any atom is -0.444 e. The summed E-state index contributed by atoms with van der Waals surface area (Å²) in [5.74, 6) is -1.88. The van der Waals surface area contributed by atoms with Crippen LogP contribution >= 0.6 is 0 Å². The van der Waals surface area contributed by atoms with Gasteiger partial charge in [0.25, 0.3) is 0 Å². The average molecular weight is 301 g/mol. The number of ether oxygens (including phenoxy) is 4. The van der Waals surface area contributed by atoms with E-state index >= 15 is 0 Å². The molecule has 1 amide bonds. The van der Waals surface area contributed by atoms with E-state index in [0.29, 0.717) is 19.8 Å². The van der Waals surface area contributed by atoms with Gasteiger partial charge in [-0.3, -0.25) is 4.79 Å². The van der Waals surface area contributed by atoms with E-state index in [1.165, 1.54) is 6.92 Å². The quantitative estimate of drug-likeness (QED) is 0.843. The van der Waals surface area contributed by atoms with Gasteiger partial charge in [0.05, 0.1) is 19.8 Å². The molecule has 120 valence electrons. The van der Waals surface area contributed by atoms with E-state index in [9.17, 15) is 9.59 Å². The van der Waals surface area contributed by atoms with Crippen molar-refractivity contribution in [1.82, 2.24) is 5.32 Å². The molecule has 0 aromatic rings. The Kier molecular flexibility index (Phi) is 4.03. The number of carbonyl (C=O) groups excluding carboxylic acids is 2. The smallest absolute Gasteiger partial charge is 0.408 e. The Morgan fingerprint density at radius 3 is 2.00 bits per heavy atom. The van der Waals surface area contributed by atoms with Gasteiger partial charge < -0.3 is 24.3 Å². The van der Waals surface area contributed by atoms with Crippen molar-refractivity contribution in [2.45, 2.75) is 52.2 Å². The molecular weight excluding hydrogens is 278 g/mol. The minimum atomic E-state index is -1.56. The predicted octanol–water partition coefficient (Wildman–Crippen LogP) is 1.21. The SMILES string of the molecule is CC(=O)[C@H](NC(=O)OC(C)(C)C)C12OCC(C)(CO1)CO2. The topological polar surface area (TPSA) is 83.1 Å². The fraction of sp³-hybridized carbons (Fsp3) is 0.857. The lowest BCUT2D eigenvalue weighted by molar-refractivity contribution is -0.469. The molecule has 0 saturated carbocycles. The van der Waals surface area contributed by atoms with Gasteiger partial charge in [0, 0.05) is 5.41 Å². The molecule has 2 bridgehead atoms. The van der Waals surface area contributed by atoms with Gasteiger partial charge in [-0.05, 0) is 27.7 Å². The number of carbonyl (C=O) groups is 2. The Morgan fingerprint density at radius 2 is 1.62 bits per heavy atom. The molecule has 3 fully saturated rings. The third-order valence-corrected chi connectivity index (χ3v) is 3.29. The standard InChI is InChI=1S/C14H23NO6/c1-9(16)10(15-11(17)21-12(2,3)4)14-18-6-13(5,7-19-14)8-20-14/h10H,6-8H2,1-5H3,(H,15,17)/t10-,13?,14?/m0/s1. The molecule has 0 aromatic heterocycles. The first kappa shape index (κ1) is 16.2. The number of hydrogen-bond donors (Lipinski definition) is 1. The Balaban J connectivity index is 2.09. The van der Waals surface area contributed by atoms with Crippen LogP contribution in [0.5, 0.6) is 0 Å². The van der Waals surface area contributed by atoms with Gasteiger partial charge in [-0.25, -0.2) is 4.79 Å². The number of amides is 1. The van der Waals surface area contributed by atoms with Gasteiger partial charge in [0.1, 0.15) is 5.60 Å². The van der Waals surface area contributed by atoms with E-state index in [1.54, 1.807) is 20.8 Å². The molecule has 3 saturated heterocycles. The van der Waals surface area contributed by atoms with Crippen LogP contribution in [0, 0.1) is 5.41 Å². The molecule has 0 unspecified atom stereocenters. The summed E-state index contributed by atoms with van der Waals surface area (Å²) in [6, 6.07) is -1.07. The van der Waals surface area contributed by atoms with Crippen molar-refractivity contribution < 1.29 is 28.5 Å². The van der Waals surface area contributed by atoms with Crippen molar-refractivity contribution in [3.05, 3.63) is 0 Å². The van der Waals surface area contributed by atoms with Crippen LogP contribution in [-0.4, -0.2) is 49.3 Å². The number of alkyl carbamates (subject to hydrolysis) is 1. The van der Waals surface area contributed by atoms with E-state index in [1.807, 2.05) is 6.92 Å². The lowest BCUT2D eigenvalue weighted by atomic mass is 9.91. The first-order chi connectivity index (χ1) is 9.55. The van der Waals surface area contributed by atoms with Crippen molar-refractivity contribution >= 4 is 11.9 Å². The van der Waals surface area contributed by atoms with Crippen molar-refractivity contribution in [3.8, 4) is 0 Å². The molecule has 21 heavy (non-hydrogen) atoms. The maximum Gasteiger partial charge on any atom is 0.408 e. The summed E-state index contributed by atoms with van der Waals surface area (Å²) < 4.78 is 21.9. The van der Waals surface area contributed by atoms with Crippen LogP contribution in [0.25, 0.3) is 0 Å². The molecule has 0 spiro atoms. The fourth-order valence-electron chi connectivity index (χ4n) is 2.19. The zero-order valence-corrected chi connectivity index (χ0v) is 13.1. The summed E-state index contributed by atoms with van der Waals surface area (Å²) in [4.78, 5) is 23.8. The first-order valence-electron chi connectivity index (χ1n) is 6.97. The highest BCUT2D eigenvalue weighted by Crippen LogP contribution is 2.40. The number of Topliss-reactive ketones (excluding diaryl/α,β-unsaturated/α-hetero) is 1. The molecule has 3 rings (SSSR count). The Morgan fingerprint density at radius 1 is 1.14 bits per heavy atom.